The zero-order chi connectivity index (χ0) is 22.9. The molecule has 0 spiro atoms. The Bertz CT molecular complexity index is 626. The number of hydrogen-bond donors (Lipinski definition) is 1. The monoisotopic (exact) mass is 424 g/mol. The van der Waals surface area contributed by atoms with Gasteiger partial charge in [-0.05, 0) is 72.6 Å². The van der Waals surface area contributed by atoms with Crippen LogP contribution < -0.4 is 0 Å². The first-order chi connectivity index (χ1) is 13.9. The fourth-order valence-corrected chi connectivity index (χ4v) is 3.67. The van der Waals surface area contributed by atoms with Gasteiger partial charge < -0.3 is 9.90 Å². The Morgan fingerprint density at radius 1 is 1.20 bits per heavy atom. The number of carbonyl (C=O) groups excluding carboxylic acids is 2. The predicted molar refractivity (Wildman–Crippen MR) is 116 cm³/mol. The summed E-state index contributed by atoms with van der Waals surface area (Å²) in [6.07, 6.45) is 8.06. The molecule has 1 rings (SSSR count). The SMILES string of the molecule is CC(=O)CCCC(C)(C)C(=O)CC/C(C)=C/CC[C@@]1(C)CC[C@@H]([C@@H](C)C(=O)O)OO1. The molecule has 1 aliphatic rings. The second-order valence-electron chi connectivity index (χ2n) is 9.79. The number of Topliss-reactive ketones (excluding diaryl/α,β-unsaturated/α-hetero) is 2. The molecule has 0 aromatic carbocycles. The van der Waals surface area contributed by atoms with Crippen LogP contribution in [0.3, 0.4) is 0 Å². The van der Waals surface area contributed by atoms with E-state index in [-0.39, 0.29) is 17.0 Å². The Hall–Kier alpha value is -1.53. The van der Waals surface area contributed by atoms with Gasteiger partial charge >= 0.3 is 5.97 Å². The number of rotatable bonds is 13. The van der Waals surface area contributed by atoms with Crippen LogP contribution in [0.25, 0.3) is 0 Å². The highest BCUT2D eigenvalue weighted by Gasteiger charge is 2.37. The van der Waals surface area contributed by atoms with Crippen molar-refractivity contribution in [3.8, 4) is 0 Å². The zero-order valence-electron chi connectivity index (χ0n) is 19.6. The first-order valence-electron chi connectivity index (χ1n) is 11.1. The molecule has 30 heavy (non-hydrogen) atoms. The van der Waals surface area contributed by atoms with Crippen LogP contribution in [-0.4, -0.2) is 34.3 Å². The summed E-state index contributed by atoms with van der Waals surface area (Å²) in [5, 5.41) is 9.09. The zero-order valence-corrected chi connectivity index (χ0v) is 19.6. The Morgan fingerprint density at radius 2 is 1.87 bits per heavy atom. The fraction of sp³-hybridized carbons (Fsp3) is 0.792. The summed E-state index contributed by atoms with van der Waals surface area (Å²) < 4.78 is 0. The number of hydrogen-bond acceptors (Lipinski definition) is 5. The van der Waals surface area contributed by atoms with Crippen LogP contribution in [0.4, 0.5) is 0 Å². The molecule has 1 N–H and O–H groups in total. The van der Waals surface area contributed by atoms with Gasteiger partial charge in [-0.25, -0.2) is 9.78 Å². The van der Waals surface area contributed by atoms with Gasteiger partial charge in [-0.15, -0.1) is 0 Å². The molecule has 0 saturated carbocycles. The van der Waals surface area contributed by atoms with Crippen molar-refractivity contribution in [1.82, 2.24) is 0 Å². The summed E-state index contributed by atoms with van der Waals surface area (Å²) in [5.41, 5.74) is 0.376. The van der Waals surface area contributed by atoms with Crippen LogP contribution in [0.15, 0.2) is 11.6 Å². The summed E-state index contributed by atoms with van der Waals surface area (Å²) in [7, 11) is 0. The van der Waals surface area contributed by atoms with Gasteiger partial charge in [0, 0.05) is 18.3 Å². The summed E-state index contributed by atoms with van der Waals surface area (Å²) >= 11 is 0. The van der Waals surface area contributed by atoms with Gasteiger partial charge in [0.25, 0.3) is 0 Å². The molecule has 0 unspecified atom stereocenters. The summed E-state index contributed by atoms with van der Waals surface area (Å²) in [6.45, 7) is 11.2. The van der Waals surface area contributed by atoms with Crippen LogP contribution in [0.5, 0.6) is 0 Å². The average Bonchev–Trinajstić information content (AvgIpc) is 2.65. The molecule has 0 aromatic heterocycles. The number of carboxylic acids is 1. The van der Waals surface area contributed by atoms with Crippen molar-refractivity contribution in [3.63, 3.8) is 0 Å². The Morgan fingerprint density at radius 3 is 2.40 bits per heavy atom. The first kappa shape index (κ1) is 26.5. The standard InChI is InChI=1S/C24H40O6/c1-17(11-12-21(26)23(4,5)14-8-10-18(2)25)9-7-15-24(6)16-13-20(29-30-24)19(3)22(27)28/h9,19-20H,7-8,10-16H2,1-6H3,(H,27,28)/b17-9+/t19-,20+,24+/m1/s1. The van der Waals surface area contributed by atoms with E-state index < -0.39 is 23.6 Å². The van der Waals surface area contributed by atoms with Gasteiger partial charge in [0.2, 0.25) is 0 Å². The molecular formula is C24H40O6. The largest absolute Gasteiger partial charge is 0.481 e. The molecule has 1 saturated heterocycles. The van der Waals surface area contributed by atoms with Crippen molar-refractivity contribution in [1.29, 1.82) is 0 Å². The third-order valence-electron chi connectivity index (χ3n) is 6.28. The Kier molecular flexibility index (Phi) is 10.4. The summed E-state index contributed by atoms with van der Waals surface area (Å²) in [4.78, 5) is 45.7. The van der Waals surface area contributed by atoms with Gasteiger partial charge in [-0.1, -0.05) is 25.5 Å². The van der Waals surface area contributed by atoms with E-state index in [9.17, 15) is 14.4 Å². The van der Waals surface area contributed by atoms with E-state index in [0.29, 0.717) is 19.3 Å². The van der Waals surface area contributed by atoms with E-state index in [4.69, 9.17) is 14.9 Å². The maximum Gasteiger partial charge on any atom is 0.308 e. The number of aliphatic carboxylic acids is 1. The molecule has 6 heteroatoms. The highest BCUT2D eigenvalue weighted by Crippen LogP contribution is 2.33. The van der Waals surface area contributed by atoms with E-state index in [0.717, 1.165) is 38.5 Å². The van der Waals surface area contributed by atoms with Crippen molar-refractivity contribution in [2.45, 2.75) is 111 Å². The van der Waals surface area contributed by atoms with Crippen molar-refractivity contribution < 1.29 is 29.3 Å². The lowest BCUT2D eigenvalue weighted by Crippen LogP contribution is -2.41. The van der Waals surface area contributed by atoms with Crippen LogP contribution in [0.1, 0.15) is 99.3 Å². The van der Waals surface area contributed by atoms with Crippen molar-refractivity contribution in [3.05, 3.63) is 11.6 Å². The summed E-state index contributed by atoms with van der Waals surface area (Å²) in [5.74, 6) is -1.04. The molecule has 172 valence electrons. The molecule has 1 fully saturated rings. The second-order valence-corrected chi connectivity index (χ2v) is 9.79. The normalized spacial score (nSPS) is 23.8. The number of carbonyl (C=O) groups is 3. The van der Waals surface area contributed by atoms with Gasteiger partial charge in [0.15, 0.2) is 0 Å². The van der Waals surface area contributed by atoms with E-state index in [1.165, 1.54) is 5.57 Å². The average molecular weight is 425 g/mol. The molecule has 6 nitrogen and oxygen atoms in total. The number of carboxylic acid groups (broad SMARTS) is 1. The Labute approximate surface area is 181 Å². The number of ketones is 2. The van der Waals surface area contributed by atoms with Gasteiger partial charge in [0.1, 0.15) is 23.3 Å². The quantitative estimate of drug-likeness (QED) is 0.313. The van der Waals surface area contributed by atoms with Crippen LogP contribution in [0, 0.1) is 11.3 Å². The highest BCUT2D eigenvalue weighted by molar-refractivity contribution is 5.84. The fourth-order valence-electron chi connectivity index (χ4n) is 3.67. The van der Waals surface area contributed by atoms with Gasteiger partial charge in [-0.2, -0.15) is 0 Å². The lowest BCUT2D eigenvalue weighted by molar-refractivity contribution is -0.411. The molecule has 0 radical (unpaired) electrons. The van der Waals surface area contributed by atoms with E-state index in [2.05, 4.69) is 6.08 Å². The molecule has 3 atom stereocenters. The van der Waals surface area contributed by atoms with Crippen LogP contribution in [0.2, 0.25) is 0 Å². The topological polar surface area (TPSA) is 89.9 Å². The molecule has 0 aliphatic carbocycles. The lowest BCUT2D eigenvalue weighted by atomic mass is 9.80. The summed E-state index contributed by atoms with van der Waals surface area (Å²) in [6, 6.07) is 0. The minimum absolute atomic E-state index is 0.171. The minimum atomic E-state index is -0.873. The molecular weight excluding hydrogens is 384 g/mol. The molecule has 0 bridgehead atoms. The molecule has 1 heterocycles. The molecule has 0 amide bonds. The van der Waals surface area contributed by atoms with E-state index >= 15 is 0 Å². The Balaban J connectivity index is 2.37. The second kappa shape index (κ2) is 11.8. The van der Waals surface area contributed by atoms with Crippen molar-refractivity contribution in [2.24, 2.45) is 11.3 Å². The maximum atomic E-state index is 12.6. The van der Waals surface area contributed by atoms with E-state index in [1.54, 1.807) is 13.8 Å². The van der Waals surface area contributed by atoms with Crippen molar-refractivity contribution in [2.75, 3.05) is 0 Å². The minimum Gasteiger partial charge on any atom is -0.481 e. The third kappa shape index (κ3) is 9.09. The smallest absolute Gasteiger partial charge is 0.308 e. The van der Waals surface area contributed by atoms with E-state index in [1.807, 2.05) is 27.7 Å². The van der Waals surface area contributed by atoms with Crippen LogP contribution >= 0.6 is 0 Å². The number of allylic oxidation sites excluding steroid dienone is 2. The van der Waals surface area contributed by atoms with Crippen molar-refractivity contribution >= 4 is 17.5 Å². The predicted octanol–water partition coefficient (Wildman–Crippen LogP) is 5.44. The molecule has 1 aliphatic heterocycles. The van der Waals surface area contributed by atoms with Gasteiger partial charge in [-0.3, -0.25) is 9.59 Å². The lowest BCUT2D eigenvalue weighted by Gasteiger charge is -2.37. The highest BCUT2D eigenvalue weighted by atomic mass is 17.2. The van der Waals surface area contributed by atoms with Gasteiger partial charge in [0.05, 0.1) is 5.92 Å². The molecule has 0 aromatic rings. The first-order valence-corrected chi connectivity index (χ1v) is 11.1. The van der Waals surface area contributed by atoms with Crippen LogP contribution in [-0.2, 0) is 24.2 Å². The maximum absolute atomic E-state index is 12.6. The third-order valence-corrected chi connectivity index (χ3v) is 6.28.